The van der Waals surface area contributed by atoms with Gasteiger partial charge in [0.05, 0.1) is 22.5 Å². The number of anilines is 2. The predicted octanol–water partition coefficient (Wildman–Crippen LogP) is 2.91. The molecule has 0 unspecified atom stereocenters. The average Bonchev–Trinajstić information content (AvgIpc) is 2.88. The van der Waals surface area contributed by atoms with E-state index in [9.17, 15) is 13.2 Å². The van der Waals surface area contributed by atoms with Gasteiger partial charge in [-0.2, -0.15) is 4.31 Å². The molecule has 0 saturated carbocycles. The lowest BCUT2D eigenvalue weighted by Crippen LogP contribution is -2.49. The Morgan fingerprint density at radius 3 is 2.20 bits per heavy atom. The Kier molecular flexibility index (Phi) is 6.33. The van der Waals surface area contributed by atoms with Crippen LogP contribution in [0.5, 0.6) is 5.75 Å². The zero-order valence-electron chi connectivity index (χ0n) is 19.9. The number of nitrogens with zero attached hydrogens (tertiary/aromatic N) is 5. The second kappa shape index (κ2) is 9.43. The molecule has 1 saturated heterocycles. The van der Waals surface area contributed by atoms with Crippen LogP contribution >= 0.6 is 0 Å². The summed E-state index contributed by atoms with van der Waals surface area (Å²) >= 11 is 0. The summed E-state index contributed by atoms with van der Waals surface area (Å²) in [6.45, 7) is 4.20. The van der Waals surface area contributed by atoms with Gasteiger partial charge in [0.15, 0.2) is 11.6 Å². The average molecular weight is 496 g/mol. The van der Waals surface area contributed by atoms with E-state index in [0.29, 0.717) is 63.0 Å². The molecule has 0 atom stereocenters. The number of fused-ring (bicyclic) bond motifs is 2. The first-order valence-corrected chi connectivity index (χ1v) is 13.3. The molecule has 35 heavy (non-hydrogen) atoms. The Hall–Kier alpha value is -3.24. The van der Waals surface area contributed by atoms with Gasteiger partial charge in [-0.25, -0.2) is 18.4 Å². The highest BCUT2D eigenvalue weighted by atomic mass is 32.2. The van der Waals surface area contributed by atoms with Crippen LogP contribution in [0.25, 0.3) is 11.0 Å². The second-order valence-electron chi connectivity index (χ2n) is 8.85. The van der Waals surface area contributed by atoms with Crippen LogP contribution in [0, 0.1) is 5.92 Å². The third-order valence-electron chi connectivity index (χ3n) is 6.65. The summed E-state index contributed by atoms with van der Waals surface area (Å²) in [5.41, 5.74) is 1.54. The number of hydrogen-bond acceptors (Lipinski definition) is 7. The van der Waals surface area contributed by atoms with Crippen molar-refractivity contribution in [2.24, 2.45) is 5.92 Å². The highest BCUT2D eigenvalue weighted by molar-refractivity contribution is 7.89. The van der Waals surface area contributed by atoms with E-state index in [0.717, 1.165) is 11.0 Å². The van der Waals surface area contributed by atoms with Crippen molar-refractivity contribution in [2.75, 3.05) is 49.6 Å². The third kappa shape index (κ3) is 4.43. The van der Waals surface area contributed by atoms with Crippen molar-refractivity contribution in [3.8, 4) is 5.75 Å². The topological polar surface area (TPSA) is 95.9 Å². The number of amides is 1. The summed E-state index contributed by atoms with van der Waals surface area (Å²) in [7, 11) is -1.67. The van der Waals surface area contributed by atoms with Gasteiger partial charge in [0.2, 0.25) is 15.9 Å². The molecular formula is C25H29N5O4S. The van der Waals surface area contributed by atoms with Gasteiger partial charge in [-0.05, 0) is 56.2 Å². The van der Waals surface area contributed by atoms with Crippen LogP contribution in [0.2, 0.25) is 0 Å². The van der Waals surface area contributed by atoms with Crippen molar-refractivity contribution in [1.29, 1.82) is 0 Å². The number of para-hydroxylation sites is 2. The van der Waals surface area contributed by atoms with Crippen molar-refractivity contribution in [3.63, 3.8) is 0 Å². The molecule has 2 aliphatic rings. The number of carbonyl (C=O) groups excluding carboxylic acids is 1. The highest BCUT2D eigenvalue weighted by Crippen LogP contribution is 2.33. The first kappa shape index (κ1) is 23.5. The molecule has 10 heteroatoms. The molecule has 2 aliphatic heterocycles. The Labute approximate surface area is 205 Å². The minimum atomic E-state index is -3.62. The molecule has 0 N–H and O–H groups in total. The Morgan fingerprint density at radius 1 is 0.943 bits per heavy atom. The van der Waals surface area contributed by atoms with Gasteiger partial charge in [0, 0.05) is 39.1 Å². The van der Waals surface area contributed by atoms with E-state index >= 15 is 0 Å². The van der Waals surface area contributed by atoms with Crippen LogP contribution in [0.15, 0.2) is 53.4 Å². The van der Waals surface area contributed by atoms with Gasteiger partial charge < -0.3 is 9.64 Å². The molecule has 1 aromatic heterocycles. The zero-order valence-corrected chi connectivity index (χ0v) is 20.7. The van der Waals surface area contributed by atoms with Gasteiger partial charge >= 0.3 is 0 Å². The largest absolute Gasteiger partial charge is 0.494 e. The number of likely N-dealkylation sites (N-methyl/N-ethyl adjacent to an activating group) is 1. The molecule has 1 fully saturated rings. The molecule has 0 radical (unpaired) electrons. The molecule has 3 heterocycles. The summed E-state index contributed by atoms with van der Waals surface area (Å²) < 4.78 is 33.1. The normalized spacial score (nSPS) is 17.4. The molecule has 184 valence electrons. The molecule has 9 nitrogen and oxygen atoms in total. The van der Waals surface area contributed by atoms with E-state index in [1.54, 1.807) is 29.2 Å². The van der Waals surface area contributed by atoms with E-state index < -0.39 is 10.0 Å². The maximum absolute atomic E-state index is 13.5. The van der Waals surface area contributed by atoms with Gasteiger partial charge in [-0.1, -0.05) is 12.1 Å². The van der Waals surface area contributed by atoms with Crippen LogP contribution in [-0.4, -0.2) is 68.4 Å². The summed E-state index contributed by atoms with van der Waals surface area (Å²) in [6, 6.07) is 14.1. The van der Waals surface area contributed by atoms with Gasteiger partial charge in [-0.15, -0.1) is 0 Å². The fourth-order valence-corrected chi connectivity index (χ4v) is 6.15. The molecule has 0 spiro atoms. The lowest BCUT2D eigenvalue weighted by atomic mass is 9.96. The smallest absolute Gasteiger partial charge is 0.243 e. The molecule has 2 aromatic carbocycles. The first-order chi connectivity index (χ1) is 16.9. The number of aromatic nitrogens is 2. The van der Waals surface area contributed by atoms with Crippen molar-refractivity contribution in [2.45, 2.75) is 24.7 Å². The van der Waals surface area contributed by atoms with Crippen LogP contribution in [0.4, 0.5) is 11.6 Å². The number of benzene rings is 2. The van der Waals surface area contributed by atoms with Crippen LogP contribution in [-0.2, 0) is 14.8 Å². The Morgan fingerprint density at radius 2 is 1.57 bits per heavy atom. The molecule has 3 aromatic rings. The molecule has 1 amide bonds. The van der Waals surface area contributed by atoms with E-state index in [4.69, 9.17) is 14.7 Å². The third-order valence-corrected chi connectivity index (χ3v) is 8.57. The minimum absolute atomic E-state index is 0.0120. The first-order valence-electron chi connectivity index (χ1n) is 11.9. The summed E-state index contributed by atoms with van der Waals surface area (Å²) in [6.07, 6.45) is 0.940. The lowest BCUT2D eigenvalue weighted by molar-refractivity contribution is -0.123. The monoisotopic (exact) mass is 495 g/mol. The highest BCUT2D eigenvalue weighted by Gasteiger charge is 2.37. The molecule has 0 bridgehead atoms. The maximum atomic E-state index is 13.5. The minimum Gasteiger partial charge on any atom is -0.494 e. The standard InChI is InChI=1S/C25H29N5O4S/c1-3-34-19-8-10-20(11-9-19)35(32,33)29-14-12-18(13-15-29)25(31)30-17-16-28(2)23-24(30)27-22-7-5-4-6-21(22)26-23/h4-11,18H,3,12-17H2,1-2H3. The van der Waals surface area contributed by atoms with E-state index in [1.165, 1.54) is 4.31 Å². The fraction of sp³-hybridized carbons (Fsp3) is 0.400. The number of ether oxygens (including phenoxy) is 1. The molecule has 5 rings (SSSR count). The number of hydrogen-bond donors (Lipinski definition) is 0. The van der Waals surface area contributed by atoms with Crippen molar-refractivity contribution in [1.82, 2.24) is 14.3 Å². The van der Waals surface area contributed by atoms with E-state index in [1.807, 2.05) is 43.1 Å². The molecular weight excluding hydrogens is 466 g/mol. The van der Waals surface area contributed by atoms with E-state index in [2.05, 4.69) is 0 Å². The Balaban J connectivity index is 1.31. The van der Waals surface area contributed by atoms with Crippen LogP contribution in [0.1, 0.15) is 19.8 Å². The van der Waals surface area contributed by atoms with Crippen LogP contribution in [0.3, 0.4) is 0 Å². The number of carbonyl (C=O) groups is 1. The van der Waals surface area contributed by atoms with Crippen molar-refractivity contribution in [3.05, 3.63) is 48.5 Å². The van der Waals surface area contributed by atoms with Gasteiger partial charge in [-0.3, -0.25) is 9.69 Å². The van der Waals surface area contributed by atoms with Gasteiger partial charge in [0.25, 0.3) is 0 Å². The summed E-state index contributed by atoms with van der Waals surface area (Å²) in [5.74, 6) is 1.64. The number of piperidine rings is 1. The van der Waals surface area contributed by atoms with E-state index in [-0.39, 0.29) is 16.7 Å². The lowest BCUT2D eigenvalue weighted by Gasteiger charge is -2.37. The van der Waals surface area contributed by atoms with Crippen LogP contribution < -0.4 is 14.5 Å². The van der Waals surface area contributed by atoms with Crippen molar-refractivity contribution >= 4 is 38.6 Å². The van der Waals surface area contributed by atoms with Crippen molar-refractivity contribution < 1.29 is 17.9 Å². The summed E-state index contributed by atoms with van der Waals surface area (Å²) in [4.78, 5) is 27.0. The number of rotatable bonds is 5. The van der Waals surface area contributed by atoms with Gasteiger partial charge in [0.1, 0.15) is 5.75 Å². The predicted molar refractivity (Wildman–Crippen MR) is 134 cm³/mol. The zero-order chi connectivity index (χ0) is 24.6. The molecule has 0 aliphatic carbocycles. The SMILES string of the molecule is CCOc1ccc(S(=O)(=O)N2CCC(C(=O)N3CCN(C)c4nc5ccccc5nc43)CC2)cc1. The second-order valence-corrected chi connectivity index (χ2v) is 10.8. The Bertz CT molecular complexity index is 1340. The summed E-state index contributed by atoms with van der Waals surface area (Å²) in [5, 5.41) is 0. The fourth-order valence-electron chi connectivity index (χ4n) is 4.68. The quantitative estimate of drug-likeness (QED) is 0.537. The maximum Gasteiger partial charge on any atom is 0.243 e. The number of sulfonamides is 1.